The molecule has 6 rings (SSSR count). The van der Waals surface area contributed by atoms with Gasteiger partial charge in [0.25, 0.3) is 5.69 Å². The number of phenols is 2. The number of nitrogens with zero attached hydrogens (tertiary/aromatic N) is 2. The Labute approximate surface area is 526 Å². The van der Waals surface area contributed by atoms with Gasteiger partial charge in [0, 0.05) is 62.0 Å². The fourth-order valence-electron chi connectivity index (χ4n) is 9.10. The van der Waals surface area contributed by atoms with E-state index < -0.39 is 131 Å². The summed E-state index contributed by atoms with van der Waals surface area (Å²) in [5.41, 5.74) is 14.0. The number of hydrogen-bond donors (Lipinski definition) is 14. The third kappa shape index (κ3) is 23.2. The number of fused-ring (bicyclic) bond motifs is 1. The minimum Gasteiger partial charge on any atom is -0.508 e. The minimum absolute atomic E-state index is 0.0466. The number of rotatable bonds is 20. The van der Waals surface area contributed by atoms with Crippen molar-refractivity contribution in [2.24, 2.45) is 16.5 Å². The number of benzene rings is 4. The van der Waals surface area contributed by atoms with Crippen LogP contribution in [0.25, 0.3) is 0 Å². The van der Waals surface area contributed by atoms with Crippen molar-refractivity contribution in [3.05, 3.63) is 129 Å². The summed E-state index contributed by atoms with van der Waals surface area (Å²) in [6.07, 6.45) is -5.22. The lowest BCUT2D eigenvalue weighted by Crippen LogP contribution is -2.62. The maximum atomic E-state index is 14.9. The van der Waals surface area contributed by atoms with Crippen LogP contribution in [0.2, 0.25) is 0 Å². The minimum atomic E-state index is -5.08. The Bertz CT molecular complexity index is 3280. The average molecular weight is 1310 g/mol. The molecule has 9 amide bonds. The molecule has 0 spiro atoms. The number of nitro benzene ring substituents is 1. The molecule has 1 fully saturated rings. The fourth-order valence-corrected chi connectivity index (χ4v) is 11.4. The van der Waals surface area contributed by atoms with Crippen LogP contribution >= 0.6 is 21.6 Å². The highest BCUT2D eigenvalue weighted by Crippen LogP contribution is 2.34. The first-order valence-corrected chi connectivity index (χ1v) is 30.6. The second-order valence-electron chi connectivity index (χ2n) is 21.0. The van der Waals surface area contributed by atoms with Crippen LogP contribution in [0.1, 0.15) is 67.7 Å². The third-order valence-electron chi connectivity index (χ3n) is 13.9. The number of hydrogen-bond acceptors (Lipinski definition) is 19. The van der Waals surface area contributed by atoms with Gasteiger partial charge >= 0.3 is 12.1 Å². The number of carboxylic acids is 1. The average Bonchev–Trinajstić information content (AvgIpc) is 1.82. The number of carbonyl (C=O) groups is 10. The molecule has 0 aromatic heterocycles. The van der Waals surface area contributed by atoms with Crippen LogP contribution in [0.3, 0.4) is 0 Å². The van der Waals surface area contributed by atoms with E-state index >= 15 is 0 Å². The van der Waals surface area contributed by atoms with Crippen molar-refractivity contribution in [2.75, 3.05) is 18.1 Å². The summed E-state index contributed by atoms with van der Waals surface area (Å²) in [4.78, 5) is 152. The Balaban J connectivity index is 0.00000202. The second kappa shape index (κ2) is 34.6. The van der Waals surface area contributed by atoms with Gasteiger partial charge in [-0.3, -0.25) is 58.3 Å². The van der Waals surface area contributed by atoms with E-state index in [4.69, 9.17) is 21.4 Å². The number of non-ortho nitro benzene ring substituents is 1. The lowest BCUT2D eigenvalue weighted by atomic mass is 9.93. The van der Waals surface area contributed by atoms with Crippen molar-refractivity contribution >= 4 is 98.3 Å². The summed E-state index contributed by atoms with van der Waals surface area (Å²) in [6, 6.07) is 11.6. The van der Waals surface area contributed by atoms with Crippen LogP contribution in [-0.4, -0.2) is 169 Å². The SMILES string of the molecule is CC(=O)N[C@@H](Cc1ccc([N+](=O)[O-])cc1)C(=O)NC1CSSCC(C(=O)N[C@H](Cc2ccc(O)cc2)C(N)=O)NC(=O)[C@H]([C@@H](C)O)NC(=O)[C@H](CCCCN)NC(=O)C(CC2C=Nc3ccccc32)NC(=O)[C@H](Cc2ccc(O)cc2)NC1=O.O=C(O)C(F)(F)F. The van der Waals surface area contributed by atoms with E-state index in [2.05, 4.69) is 47.5 Å². The largest absolute Gasteiger partial charge is 0.508 e. The van der Waals surface area contributed by atoms with Crippen molar-refractivity contribution in [2.45, 2.75) is 125 Å². The zero-order valence-electron chi connectivity index (χ0n) is 48.8. The second-order valence-corrected chi connectivity index (χ2v) is 23.5. The molecule has 10 atom stereocenters. The van der Waals surface area contributed by atoms with Gasteiger partial charge in [-0.25, -0.2) is 4.79 Å². The summed E-state index contributed by atoms with van der Waals surface area (Å²) >= 11 is 0. The normalized spacial score (nSPS) is 21.0. The van der Waals surface area contributed by atoms with Crippen LogP contribution in [0.5, 0.6) is 11.5 Å². The smallest absolute Gasteiger partial charge is 0.490 e. The molecule has 0 aliphatic carbocycles. The topological polar surface area (TPSA) is 455 Å². The molecule has 91 heavy (non-hydrogen) atoms. The number of nitrogens with two attached hydrogens (primary N) is 2. The quantitative estimate of drug-likeness (QED) is 0.0252. The summed E-state index contributed by atoms with van der Waals surface area (Å²) in [7, 11) is 1.80. The molecular weight excluding hydrogens is 1240 g/mol. The van der Waals surface area contributed by atoms with Gasteiger partial charge in [-0.05, 0) is 91.7 Å². The highest BCUT2D eigenvalue weighted by Gasteiger charge is 2.39. The number of aliphatic hydroxyl groups is 1. The van der Waals surface area contributed by atoms with Gasteiger partial charge in [-0.1, -0.05) is 76.2 Å². The van der Waals surface area contributed by atoms with Crippen molar-refractivity contribution < 1.29 is 86.5 Å². The van der Waals surface area contributed by atoms with Gasteiger partial charge in [0.05, 0.1) is 16.7 Å². The maximum absolute atomic E-state index is 14.9. The molecule has 0 radical (unpaired) electrons. The molecular formula is C58H69F3N12O16S2. The molecule has 1 saturated heterocycles. The lowest BCUT2D eigenvalue weighted by Gasteiger charge is -2.29. The number of primary amides is 1. The van der Waals surface area contributed by atoms with Crippen LogP contribution in [0, 0.1) is 10.1 Å². The first-order valence-electron chi connectivity index (χ1n) is 28.1. The molecule has 2 aliphatic heterocycles. The number of para-hydroxylation sites is 1. The van der Waals surface area contributed by atoms with Crippen LogP contribution in [-0.2, 0) is 67.2 Å². The van der Waals surface area contributed by atoms with Gasteiger partial charge in [0.15, 0.2) is 0 Å². The molecule has 0 bridgehead atoms. The predicted molar refractivity (Wildman–Crippen MR) is 326 cm³/mol. The third-order valence-corrected chi connectivity index (χ3v) is 16.3. The van der Waals surface area contributed by atoms with Crippen molar-refractivity contribution in [3.8, 4) is 11.5 Å². The number of aliphatic hydroxyl groups excluding tert-OH is 1. The number of nitrogens with one attached hydrogen (secondary N) is 8. The molecule has 4 unspecified atom stereocenters. The summed E-state index contributed by atoms with van der Waals surface area (Å²) in [5, 5.41) is 70.6. The number of halogens is 3. The van der Waals surface area contributed by atoms with Gasteiger partial charge in [-0.2, -0.15) is 13.2 Å². The van der Waals surface area contributed by atoms with E-state index in [-0.39, 0.29) is 73.8 Å². The first kappa shape index (κ1) is 72.4. The summed E-state index contributed by atoms with van der Waals surface area (Å²) < 4.78 is 31.7. The monoisotopic (exact) mass is 1310 g/mol. The number of nitro groups is 1. The Hall–Kier alpha value is -9.34. The Morgan fingerprint density at radius 1 is 0.725 bits per heavy atom. The molecule has 0 saturated carbocycles. The van der Waals surface area contributed by atoms with Crippen molar-refractivity contribution in [3.63, 3.8) is 0 Å². The predicted octanol–water partition coefficient (Wildman–Crippen LogP) is 0.845. The van der Waals surface area contributed by atoms with Gasteiger partial charge < -0.3 is 74.4 Å². The zero-order chi connectivity index (χ0) is 67.1. The molecule has 4 aromatic rings. The summed E-state index contributed by atoms with van der Waals surface area (Å²) in [5.74, 6) is -12.4. The Kier molecular flexibility index (Phi) is 27.5. The van der Waals surface area contributed by atoms with E-state index in [9.17, 15) is 81.8 Å². The number of alkyl halides is 3. The number of aliphatic imine (C=N–C) groups is 1. The number of phenolic OH excluding ortho intramolecular Hbond substituents is 2. The number of aliphatic carboxylic acids is 1. The van der Waals surface area contributed by atoms with Crippen LogP contribution < -0.4 is 54.0 Å². The van der Waals surface area contributed by atoms with E-state index in [0.29, 0.717) is 28.8 Å². The van der Waals surface area contributed by atoms with Crippen molar-refractivity contribution in [1.82, 2.24) is 42.5 Å². The highest BCUT2D eigenvalue weighted by molar-refractivity contribution is 8.76. The lowest BCUT2D eigenvalue weighted by molar-refractivity contribution is -0.384. The van der Waals surface area contributed by atoms with Gasteiger partial charge in [0.1, 0.15) is 59.8 Å². The number of carboxylic acid groups (broad SMARTS) is 1. The van der Waals surface area contributed by atoms with Crippen molar-refractivity contribution in [1.29, 1.82) is 0 Å². The Morgan fingerprint density at radius 3 is 1.84 bits per heavy atom. The fraction of sp³-hybridized carbons (Fsp3) is 0.397. The molecule has 33 heteroatoms. The zero-order valence-corrected chi connectivity index (χ0v) is 50.5. The number of carbonyl (C=O) groups excluding carboxylic acids is 9. The van der Waals surface area contributed by atoms with Crippen LogP contribution in [0.4, 0.5) is 24.5 Å². The molecule has 4 aromatic carbocycles. The molecule has 2 heterocycles. The number of amides is 9. The molecule has 2 aliphatic rings. The van der Waals surface area contributed by atoms with E-state index in [1.807, 2.05) is 0 Å². The molecule has 16 N–H and O–H groups in total. The van der Waals surface area contributed by atoms with E-state index in [0.717, 1.165) is 34.1 Å². The van der Waals surface area contributed by atoms with Gasteiger partial charge in [0.2, 0.25) is 53.2 Å². The Morgan fingerprint density at radius 2 is 1.26 bits per heavy atom. The highest BCUT2D eigenvalue weighted by atomic mass is 33.1. The number of aromatic hydroxyl groups is 2. The van der Waals surface area contributed by atoms with E-state index in [1.54, 1.807) is 30.5 Å². The van der Waals surface area contributed by atoms with Gasteiger partial charge in [-0.15, -0.1) is 0 Å². The van der Waals surface area contributed by atoms with Crippen LogP contribution in [0.15, 0.2) is 102 Å². The maximum Gasteiger partial charge on any atom is 0.490 e. The molecule has 28 nitrogen and oxygen atoms in total. The standard InChI is InChI=1S/C56H68N12O14S2.C2HF3O2/c1-30(69)48-56(80)66-47(54(78)62-42(49(58)73)23-33-12-18-37(71)19-13-33)29-84-83-28-46(65-51(75)43(60-31(2)70)24-32-10-16-36(17-11-32)68(81)82)55(79)63-44(25-34-14-20-38(72)21-15-34)52(76)64-45(26-35-27-59-40-8-4-3-7-39(35)40)53(77)61-41(50(74)67-48)9-5-6-22-57;3-2(4,5)1(6)7/h3-4,7-8,10-21,27,30,35,41-48,69,71-72H,5-6,9,22-26,28-29,57H2,1-2H3,(H2,58,73)(H,60,70)(H,61,77)(H,62,78)(H,63,79)(H,64,76)(H,65,75)(H,66,80)(H,67,74);(H,6,7)/t30-,35?,41+,42-,43+,44+,45?,46?,47?,48+;/m1./s1. The first-order chi connectivity index (χ1) is 43.0. The molecule has 490 valence electrons. The number of unbranched alkanes of at least 4 members (excludes halogenated alkanes) is 1. The van der Waals surface area contributed by atoms with E-state index in [1.165, 1.54) is 79.7 Å². The summed E-state index contributed by atoms with van der Waals surface area (Å²) in [6.45, 7) is 2.56.